The third-order valence-corrected chi connectivity index (χ3v) is 2.58. The van der Waals surface area contributed by atoms with Gasteiger partial charge in [0.05, 0.1) is 12.3 Å². The number of aliphatic hydroxyl groups is 1. The van der Waals surface area contributed by atoms with Gasteiger partial charge in [-0.1, -0.05) is 0 Å². The first-order chi connectivity index (χ1) is 10.3. The van der Waals surface area contributed by atoms with E-state index in [-0.39, 0.29) is 13.2 Å². The van der Waals surface area contributed by atoms with E-state index in [1.807, 2.05) is 0 Å². The summed E-state index contributed by atoms with van der Waals surface area (Å²) in [5, 5.41) is 11.5. The minimum absolute atomic E-state index is 0.00920. The van der Waals surface area contributed by atoms with Crippen LogP contribution in [0.5, 0.6) is 0 Å². The highest BCUT2D eigenvalue weighted by molar-refractivity contribution is 5.92. The van der Waals surface area contributed by atoms with E-state index < -0.39 is 17.7 Å². The van der Waals surface area contributed by atoms with Crippen molar-refractivity contribution in [3.63, 3.8) is 0 Å². The number of carbonyl (C=O) groups is 2. The molecule has 0 aliphatic heterocycles. The molecule has 1 aromatic rings. The van der Waals surface area contributed by atoms with Gasteiger partial charge in [0, 0.05) is 19.3 Å². The second-order valence-electron chi connectivity index (χ2n) is 5.73. The van der Waals surface area contributed by atoms with Crippen LogP contribution >= 0.6 is 0 Å². The Balaban J connectivity index is 2.87. The van der Waals surface area contributed by atoms with E-state index in [0.717, 1.165) is 0 Å². The van der Waals surface area contributed by atoms with E-state index in [1.165, 1.54) is 6.07 Å². The standard InChI is InChI=1S/C15H24N2O5/c1-5-21-13(19)12-9-11(10-17(12)7-6-8-18)16-14(20)22-15(2,3)4/h9-10,18H,5-8H2,1-4H3,(H,16,20). The van der Waals surface area contributed by atoms with Crippen LogP contribution in [0.25, 0.3) is 0 Å². The Bertz CT molecular complexity index is 516. The van der Waals surface area contributed by atoms with Crippen LogP contribution in [0.1, 0.15) is 44.6 Å². The molecule has 0 radical (unpaired) electrons. The second kappa shape index (κ2) is 7.84. The van der Waals surface area contributed by atoms with Gasteiger partial charge >= 0.3 is 12.1 Å². The van der Waals surface area contributed by atoms with Crippen molar-refractivity contribution < 1.29 is 24.2 Å². The molecule has 1 heterocycles. The van der Waals surface area contributed by atoms with E-state index >= 15 is 0 Å². The number of hydrogen-bond acceptors (Lipinski definition) is 5. The molecular weight excluding hydrogens is 288 g/mol. The van der Waals surface area contributed by atoms with Gasteiger partial charge in [0.2, 0.25) is 0 Å². The number of ether oxygens (including phenoxy) is 2. The number of anilines is 1. The maximum absolute atomic E-state index is 11.9. The zero-order chi connectivity index (χ0) is 16.8. The molecule has 0 unspecified atom stereocenters. The molecule has 22 heavy (non-hydrogen) atoms. The molecule has 0 bridgehead atoms. The van der Waals surface area contributed by atoms with Gasteiger partial charge in [0.15, 0.2) is 0 Å². The molecule has 0 saturated heterocycles. The Morgan fingerprint density at radius 2 is 2.05 bits per heavy atom. The fourth-order valence-corrected chi connectivity index (χ4v) is 1.80. The number of nitrogens with zero attached hydrogens (tertiary/aromatic N) is 1. The van der Waals surface area contributed by atoms with E-state index in [0.29, 0.717) is 24.3 Å². The third-order valence-electron chi connectivity index (χ3n) is 2.58. The molecule has 2 N–H and O–H groups in total. The first-order valence-electron chi connectivity index (χ1n) is 7.25. The van der Waals surface area contributed by atoms with Gasteiger partial charge in [0.25, 0.3) is 0 Å². The highest BCUT2D eigenvalue weighted by atomic mass is 16.6. The van der Waals surface area contributed by atoms with E-state index in [1.54, 1.807) is 38.5 Å². The van der Waals surface area contributed by atoms with Gasteiger partial charge in [-0.05, 0) is 40.2 Å². The van der Waals surface area contributed by atoms with Crippen molar-refractivity contribution in [2.45, 2.75) is 46.3 Å². The maximum atomic E-state index is 11.9. The van der Waals surface area contributed by atoms with Crippen LogP contribution in [0.3, 0.4) is 0 Å². The molecule has 0 spiro atoms. The lowest BCUT2D eigenvalue weighted by molar-refractivity contribution is 0.0512. The van der Waals surface area contributed by atoms with Crippen molar-refractivity contribution in [1.29, 1.82) is 0 Å². The van der Waals surface area contributed by atoms with E-state index in [9.17, 15) is 9.59 Å². The number of aromatic nitrogens is 1. The largest absolute Gasteiger partial charge is 0.461 e. The summed E-state index contributed by atoms with van der Waals surface area (Å²) in [6, 6.07) is 1.53. The smallest absolute Gasteiger partial charge is 0.412 e. The highest BCUT2D eigenvalue weighted by Gasteiger charge is 2.19. The summed E-state index contributed by atoms with van der Waals surface area (Å²) in [6.45, 7) is 7.74. The third kappa shape index (κ3) is 5.77. The number of aliphatic hydroxyl groups excluding tert-OH is 1. The normalized spacial score (nSPS) is 11.1. The lowest BCUT2D eigenvalue weighted by Crippen LogP contribution is -2.27. The minimum atomic E-state index is -0.604. The van der Waals surface area contributed by atoms with Crippen LogP contribution in [-0.2, 0) is 16.0 Å². The van der Waals surface area contributed by atoms with Crippen LogP contribution in [0.15, 0.2) is 12.3 Å². The maximum Gasteiger partial charge on any atom is 0.412 e. The van der Waals surface area contributed by atoms with Crippen LogP contribution in [0.4, 0.5) is 10.5 Å². The van der Waals surface area contributed by atoms with Gasteiger partial charge in [-0.25, -0.2) is 9.59 Å². The average Bonchev–Trinajstić information content (AvgIpc) is 2.77. The molecule has 1 aromatic heterocycles. The lowest BCUT2D eigenvalue weighted by Gasteiger charge is -2.19. The summed E-state index contributed by atoms with van der Waals surface area (Å²) >= 11 is 0. The van der Waals surface area contributed by atoms with E-state index in [4.69, 9.17) is 14.6 Å². The molecule has 0 aliphatic carbocycles. The summed E-state index contributed by atoms with van der Waals surface area (Å²) in [5.74, 6) is -0.474. The number of carbonyl (C=O) groups excluding carboxylic acids is 2. The number of nitrogens with one attached hydrogen (secondary N) is 1. The summed E-state index contributed by atoms with van der Waals surface area (Å²) in [7, 11) is 0. The van der Waals surface area contributed by atoms with Gasteiger partial charge in [-0.3, -0.25) is 5.32 Å². The first kappa shape index (κ1) is 18.0. The van der Waals surface area contributed by atoms with Crippen molar-refractivity contribution in [3.8, 4) is 0 Å². The molecule has 124 valence electrons. The predicted octanol–water partition coefficient (Wildman–Crippen LogP) is 2.39. The number of aryl methyl sites for hydroxylation is 1. The van der Waals surface area contributed by atoms with Gasteiger partial charge in [-0.15, -0.1) is 0 Å². The van der Waals surface area contributed by atoms with Gasteiger partial charge in [0.1, 0.15) is 11.3 Å². The lowest BCUT2D eigenvalue weighted by atomic mass is 10.2. The number of hydrogen-bond donors (Lipinski definition) is 2. The Kier molecular flexibility index (Phi) is 6.42. The van der Waals surface area contributed by atoms with Gasteiger partial charge < -0.3 is 19.1 Å². The molecular formula is C15H24N2O5. The van der Waals surface area contributed by atoms with Crippen molar-refractivity contribution in [1.82, 2.24) is 4.57 Å². The van der Waals surface area contributed by atoms with Gasteiger partial charge in [-0.2, -0.15) is 0 Å². The molecule has 0 atom stereocenters. The van der Waals surface area contributed by atoms with E-state index in [2.05, 4.69) is 5.32 Å². The Labute approximate surface area is 130 Å². The van der Waals surface area contributed by atoms with Crippen LogP contribution in [-0.4, -0.2) is 40.6 Å². The molecule has 0 aliphatic rings. The Morgan fingerprint density at radius 1 is 1.36 bits per heavy atom. The SMILES string of the molecule is CCOC(=O)c1cc(NC(=O)OC(C)(C)C)cn1CCCO. The molecule has 0 fully saturated rings. The summed E-state index contributed by atoms with van der Waals surface area (Å²) < 4.78 is 11.8. The molecule has 1 rings (SSSR count). The number of esters is 1. The number of rotatable bonds is 6. The minimum Gasteiger partial charge on any atom is -0.461 e. The zero-order valence-electron chi connectivity index (χ0n) is 13.5. The fourth-order valence-electron chi connectivity index (χ4n) is 1.80. The summed E-state index contributed by atoms with van der Waals surface area (Å²) in [4.78, 5) is 23.7. The topological polar surface area (TPSA) is 89.8 Å². The first-order valence-corrected chi connectivity index (χ1v) is 7.25. The second-order valence-corrected chi connectivity index (χ2v) is 5.73. The van der Waals surface area contributed by atoms with Crippen molar-refractivity contribution in [3.05, 3.63) is 18.0 Å². The quantitative estimate of drug-likeness (QED) is 0.787. The Hall–Kier alpha value is -2.02. The molecule has 1 amide bonds. The van der Waals surface area contributed by atoms with Crippen LogP contribution < -0.4 is 5.32 Å². The molecule has 0 aromatic carbocycles. The fraction of sp³-hybridized carbons (Fsp3) is 0.600. The predicted molar refractivity (Wildman–Crippen MR) is 81.9 cm³/mol. The average molecular weight is 312 g/mol. The monoisotopic (exact) mass is 312 g/mol. The Morgan fingerprint density at radius 3 is 2.59 bits per heavy atom. The van der Waals surface area contributed by atoms with Crippen molar-refractivity contribution in [2.75, 3.05) is 18.5 Å². The van der Waals surface area contributed by atoms with Crippen molar-refractivity contribution in [2.24, 2.45) is 0 Å². The molecule has 7 nitrogen and oxygen atoms in total. The summed E-state index contributed by atoms with van der Waals surface area (Å²) in [5.41, 5.74) is 0.157. The van der Waals surface area contributed by atoms with Crippen LogP contribution in [0.2, 0.25) is 0 Å². The van der Waals surface area contributed by atoms with Crippen molar-refractivity contribution >= 4 is 17.7 Å². The summed E-state index contributed by atoms with van der Waals surface area (Å²) in [6.07, 6.45) is 1.51. The molecule has 7 heteroatoms. The number of amides is 1. The highest BCUT2D eigenvalue weighted by Crippen LogP contribution is 2.17. The molecule has 0 saturated carbocycles. The zero-order valence-corrected chi connectivity index (χ0v) is 13.5. The van der Waals surface area contributed by atoms with Crippen LogP contribution in [0, 0.1) is 0 Å².